The number of rotatable bonds is 2. The van der Waals surface area contributed by atoms with Gasteiger partial charge in [-0.2, -0.15) is 0 Å². The van der Waals surface area contributed by atoms with E-state index in [1.807, 2.05) is 6.92 Å². The van der Waals surface area contributed by atoms with Crippen LogP contribution in [0.15, 0.2) is 0 Å². The van der Waals surface area contributed by atoms with Gasteiger partial charge in [0.15, 0.2) is 5.78 Å². The SMILES string of the molecule is CC[C@@H]1[C@H](C(=O)OC)C(=O)CCN1C(=O)OC(C)(C)C. The fourth-order valence-corrected chi connectivity index (χ4v) is 2.37. The highest BCUT2D eigenvalue weighted by atomic mass is 16.6. The highest BCUT2D eigenvalue weighted by Crippen LogP contribution is 2.26. The molecule has 0 aromatic carbocycles. The molecule has 0 bridgehead atoms. The van der Waals surface area contributed by atoms with E-state index < -0.39 is 29.6 Å². The van der Waals surface area contributed by atoms with Crippen LogP contribution in [0.3, 0.4) is 0 Å². The third-order valence-corrected chi connectivity index (χ3v) is 3.23. The molecule has 2 atom stereocenters. The summed E-state index contributed by atoms with van der Waals surface area (Å²) >= 11 is 0. The normalized spacial score (nSPS) is 23.4. The van der Waals surface area contributed by atoms with Crippen LogP contribution in [0.2, 0.25) is 0 Å². The van der Waals surface area contributed by atoms with Crippen molar-refractivity contribution in [1.82, 2.24) is 4.90 Å². The number of amides is 1. The lowest BCUT2D eigenvalue weighted by Gasteiger charge is -2.39. The third kappa shape index (κ3) is 3.71. The van der Waals surface area contributed by atoms with E-state index in [0.29, 0.717) is 6.42 Å². The molecule has 1 fully saturated rings. The van der Waals surface area contributed by atoms with E-state index in [0.717, 1.165) is 0 Å². The van der Waals surface area contributed by atoms with Crippen LogP contribution in [-0.2, 0) is 19.1 Å². The Kier molecular flexibility index (Phi) is 5.14. The zero-order chi connectivity index (χ0) is 15.5. The number of esters is 1. The maximum absolute atomic E-state index is 12.2. The molecule has 1 rings (SSSR count). The maximum atomic E-state index is 12.2. The highest BCUT2D eigenvalue weighted by molar-refractivity contribution is 6.01. The largest absolute Gasteiger partial charge is 0.468 e. The van der Waals surface area contributed by atoms with Gasteiger partial charge in [0.2, 0.25) is 0 Å². The molecule has 6 heteroatoms. The van der Waals surface area contributed by atoms with Crippen LogP contribution in [0.25, 0.3) is 0 Å². The van der Waals surface area contributed by atoms with E-state index in [9.17, 15) is 14.4 Å². The Morgan fingerprint density at radius 1 is 1.35 bits per heavy atom. The van der Waals surface area contributed by atoms with E-state index in [1.165, 1.54) is 12.0 Å². The number of carbonyl (C=O) groups is 3. The number of Topliss-reactive ketones (excluding diaryl/α,β-unsaturated/α-hetero) is 1. The summed E-state index contributed by atoms with van der Waals surface area (Å²) in [6, 6.07) is -0.501. The van der Waals surface area contributed by atoms with E-state index in [4.69, 9.17) is 4.74 Å². The van der Waals surface area contributed by atoms with Crippen LogP contribution >= 0.6 is 0 Å². The number of piperidine rings is 1. The van der Waals surface area contributed by atoms with Crippen molar-refractivity contribution in [3.05, 3.63) is 0 Å². The molecule has 0 aromatic heterocycles. The van der Waals surface area contributed by atoms with Crippen molar-refractivity contribution in [2.75, 3.05) is 13.7 Å². The second kappa shape index (κ2) is 6.24. The standard InChI is InChI=1S/C14H23NO5/c1-6-9-11(12(17)19-5)10(16)7-8-15(9)13(18)20-14(2,3)4/h9,11H,6-8H2,1-5H3/t9-,11+/m1/s1. The van der Waals surface area contributed by atoms with Gasteiger partial charge in [0.1, 0.15) is 11.5 Å². The number of hydrogen-bond acceptors (Lipinski definition) is 5. The van der Waals surface area contributed by atoms with Crippen molar-refractivity contribution in [3.8, 4) is 0 Å². The molecule has 0 N–H and O–H groups in total. The molecule has 1 aliphatic heterocycles. The molecule has 0 unspecified atom stereocenters. The van der Waals surface area contributed by atoms with Crippen LogP contribution in [0.5, 0.6) is 0 Å². The molecule has 1 aliphatic rings. The van der Waals surface area contributed by atoms with Crippen molar-refractivity contribution in [1.29, 1.82) is 0 Å². The summed E-state index contributed by atoms with van der Waals surface area (Å²) in [5.74, 6) is -1.68. The van der Waals surface area contributed by atoms with Crippen molar-refractivity contribution >= 4 is 17.8 Å². The van der Waals surface area contributed by atoms with Crippen molar-refractivity contribution in [2.45, 2.75) is 52.2 Å². The molecule has 114 valence electrons. The van der Waals surface area contributed by atoms with Gasteiger partial charge in [-0.15, -0.1) is 0 Å². The van der Waals surface area contributed by atoms with Crippen molar-refractivity contribution < 1.29 is 23.9 Å². The Labute approximate surface area is 119 Å². The lowest BCUT2D eigenvalue weighted by molar-refractivity contribution is -0.154. The fraction of sp³-hybridized carbons (Fsp3) is 0.786. The second-order valence-corrected chi connectivity index (χ2v) is 5.87. The van der Waals surface area contributed by atoms with Gasteiger partial charge in [0.05, 0.1) is 13.2 Å². The van der Waals surface area contributed by atoms with E-state index in [-0.39, 0.29) is 18.7 Å². The highest BCUT2D eigenvalue weighted by Gasteiger charge is 2.44. The molecule has 0 radical (unpaired) electrons. The average Bonchev–Trinajstić information content (AvgIpc) is 2.35. The van der Waals surface area contributed by atoms with Crippen LogP contribution in [0.1, 0.15) is 40.5 Å². The first-order valence-electron chi connectivity index (χ1n) is 6.81. The number of hydrogen-bond donors (Lipinski definition) is 0. The third-order valence-electron chi connectivity index (χ3n) is 3.23. The summed E-state index contributed by atoms with van der Waals surface area (Å²) in [4.78, 5) is 37.4. The molecular formula is C14H23NO5. The van der Waals surface area contributed by atoms with Gasteiger partial charge < -0.3 is 14.4 Å². The van der Waals surface area contributed by atoms with E-state index in [2.05, 4.69) is 4.74 Å². The zero-order valence-electron chi connectivity index (χ0n) is 12.8. The molecule has 0 aliphatic carbocycles. The quantitative estimate of drug-likeness (QED) is 0.571. The lowest BCUT2D eigenvalue weighted by atomic mass is 9.86. The first-order chi connectivity index (χ1) is 9.21. The summed E-state index contributed by atoms with van der Waals surface area (Å²) in [5.41, 5.74) is -0.613. The topological polar surface area (TPSA) is 72.9 Å². The monoisotopic (exact) mass is 285 g/mol. The number of ketones is 1. The Morgan fingerprint density at radius 2 is 1.95 bits per heavy atom. The summed E-state index contributed by atoms with van der Waals surface area (Å²) < 4.78 is 10.0. The lowest BCUT2D eigenvalue weighted by Crippen LogP contribution is -2.55. The van der Waals surface area contributed by atoms with Gasteiger partial charge in [-0.3, -0.25) is 9.59 Å². The molecule has 20 heavy (non-hydrogen) atoms. The zero-order valence-corrected chi connectivity index (χ0v) is 12.8. The summed E-state index contributed by atoms with van der Waals surface area (Å²) in [5, 5.41) is 0. The maximum Gasteiger partial charge on any atom is 0.410 e. The van der Waals surface area contributed by atoms with Crippen LogP contribution < -0.4 is 0 Å². The summed E-state index contributed by atoms with van der Waals surface area (Å²) in [6.45, 7) is 7.44. The van der Waals surface area contributed by atoms with Crippen LogP contribution in [0, 0.1) is 5.92 Å². The second-order valence-electron chi connectivity index (χ2n) is 5.87. The molecule has 1 saturated heterocycles. The predicted molar refractivity (Wildman–Crippen MR) is 72.1 cm³/mol. The fourth-order valence-electron chi connectivity index (χ4n) is 2.37. The molecule has 6 nitrogen and oxygen atoms in total. The summed E-state index contributed by atoms with van der Waals surface area (Å²) in [7, 11) is 1.24. The van der Waals surface area contributed by atoms with Gasteiger partial charge >= 0.3 is 12.1 Å². The van der Waals surface area contributed by atoms with E-state index in [1.54, 1.807) is 20.8 Å². The Hall–Kier alpha value is -1.59. The molecular weight excluding hydrogens is 262 g/mol. The Morgan fingerprint density at radius 3 is 2.40 bits per heavy atom. The molecule has 1 amide bonds. The van der Waals surface area contributed by atoms with Gasteiger partial charge in [0.25, 0.3) is 0 Å². The van der Waals surface area contributed by atoms with Crippen molar-refractivity contribution in [3.63, 3.8) is 0 Å². The molecule has 0 saturated carbocycles. The minimum atomic E-state index is -0.911. The van der Waals surface area contributed by atoms with E-state index >= 15 is 0 Å². The van der Waals surface area contributed by atoms with Crippen molar-refractivity contribution in [2.24, 2.45) is 5.92 Å². The number of carbonyl (C=O) groups excluding carboxylic acids is 3. The first-order valence-corrected chi connectivity index (χ1v) is 6.81. The number of nitrogens with zero attached hydrogens (tertiary/aromatic N) is 1. The number of ether oxygens (including phenoxy) is 2. The van der Waals surface area contributed by atoms with Gasteiger partial charge in [-0.1, -0.05) is 6.92 Å². The number of methoxy groups -OCH3 is 1. The van der Waals surface area contributed by atoms with Gasteiger partial charge in [-0.25, -0.2) is 4.79 Å². The van der Waals surface area contributed by atoms with Crippen LogP contribution in [-0.4, -0.2) is 48.0 Å². The van der Waals surface area contributed by atoms with Gasteiger partial charge in [0, 0.05) is 13.0 Å². The predicted octanol–water partition coefficient (Wildman–Crippen LogP) is 1.76. The minimum absolute atomic E-state index is 0.148. The molecule has 1 heterocycles. The van der Waals surface area contributed by atoms with Crippen LogP contribution in [0.4, 0.5) is 4.79 Å². The van der Waals surface area contributed by atoms with Gasteiger partial charge in [-0.05, 0) is 27.2 Å². The Bertz CT molecular complexity index is 391. The Balaban J connectivity index is 2.94. The number of likely N-dealkylation sites (tertiary alicyclic amines) is 1. The minimum Gasteiger partial charge on any atom is -0.468 e. The smallest absolute Gasteiger partial charge is 0.410 e. The molecule has 0 spiro atoms. The average molecular weight is 285 g/mol. The first kappa shape index (κ1) is 16.5. The summed E-state index contributed by atoms with van der Waals surface area (Å²) in [6.07, 6.45) is 0.144. The molecule has 0 aromatic rings.